The van der Waals surface area contributed by atoms with Crippen LogP contribution in [0.5, 0.6) is 0 Å². The van der Waals surface area contributed by atoms with Gasteiger partial charge in [-0.05, 0) is 55.3 Å². The lowest BCUT2D eigenvalue weighted by atomic mass is 10.1. The van der Waals surface area contributed by atoms with Crippen molar-refractivity contribution in [2.75, 3.05) is 17.2 Å². The van der Waals surface area contributed by atoms with Gasteiger partial charge in [-0.25, -0.2) is 0 Å². The van der Waals surface area contributed by atoms with E-state index in [9.17, 15) is 4.79 Å². The van der Waals surface area contributed by atoms with Crippen molar-refractivity contribution in [3.8, 4) is 0 Å². The molecule has 2 aromatic carbocycles. The fourth-order valence-electron chi connectivity index (χ4n) is 2.16. The van der Waals surface area contributed by atoms with E-state index in [1.165, 1.54) is 0 Å². The number of nitrogens with one attached hydrogen (secondary N) is 2. The molecule has 1 amide bonds. The predicted molar refractivity (Wildman–Crippen MR) is 96.8 cm³/mol. The summed E-state index contributed by atoms with van der Waals surface area (Å²) in [5.74, 6) is -0.0570. The van der Waals surface area contributed by atoms with Gasteiger partial charge in [0.2, 0.25) is 5.91 Å². The van der Waals surface area contributed by atoms with E-state index in [4.69, 9.17) is 11.6 Å². The van der Waals surface area contributed by atoms with Crippen LogP contribution in [0, 0.1) is 13.8 Å². The zero-order chi connectivity index (χ0) is 16.1. The second-order valence-electron chi connectivity index (χ2n) is 5.17. The first kappa shape index (κ1) is 16.8. The number of rotatable bonds is 5. The molecular formula is C17H18BrClN2O. The summed E-state index contributed by atoms with van der Waals surface area (Å²) in [6, 6.07) is 11.7. The van der Waals surface area contributed by atoms with E-state index in [0.29, 0.717) is 23.7 Å². The second-order valence-corrected chi connectivity index (χ2v) is 6.49. The van der Waals surface area contributed by atoms with Crippen molar-refractivity contribution in [2.45, 2.75) is 20.3 Å². The minimum atomic E-state index is -0.0570. The van der Waals surface area contributed by atoms with E-state index in [1.807, 2.05) is 50.2 Å². The summed E-state index contributed by atoms with van der Waals surface area (Å²) in [5, 5.41) is 6.67. The number of aryl methyl sites for hydroxylation is 2. The molecular weight excluding hydrogens is 364 g/mol. The number of benzene rings is 2. The number of halogens is 2. The maximum Gasteiger partial charge on any atom is 0.226 e. The highest BCUT2D eigenvalue weighted by Gasteiger charge is 2.09. The van der Waals surface area contributed by atoms with Gasteiger partial charge in [0.1, 0.15) is 0 Å². The summed E-state index contributed by atoms with van der Waals surface area (Å²) < 4.78 is 1.03. The van der Waals surface area contributed by atoms with Crippen LogP contribution in [0.1, 0.15) is 17.5 Å². The van der Waals surface area contributed by atoms with E-state index >= 15 is 0 Å². The van der Waals surface area contributed by atoms with E-state index in [1.54, 1.807) is 0 Å². The average molecular weight is 382 g/mol. The van der Waals surface area contributed by atoms with Gasteiger partial charge in [-0.3, -0.25) is 4.79 Å². The Bertz CT molecular complexity index is 648. The van der Waals surface area contributed by atoms with Gasteiger partial charge in [0, 0.05) is 23.1 Å². The van der Waals surface area contributed by atoms with Gasteiger partial charge < -0.3 is 10.6 Å². The van der Waals surface area contributed by atoms with Crippen LogP contribution in [-0.4, -0.2) is 12.5 Å². The standard InChI is InChI=1S/C17H18BrClN2O/c1-11-9-12(2)17(15(19)10-11)21-16(22)7-8-20-14-5-3-13(18)4-6-14/h3-6,9-10,20H,7-8H2,1-2H3,(H,21,22). The molecule has 0 heterocycles. The minimum absolute atomic E-state index is 0.0570. The molecule has 0 bridgehead atoms. The highest BCUT2D eigenvalue weighted by atomic mass is 79.9. The smallest absolute Gasteiger partial charge is 0.226 e. The number of carbonyl (C=O) groups is 1. The molecule has 0 unspecified atom stereocenters. The molecule has 0 spiro atoms. The van der Waals surface area contributed by atoms with Crippen LogP contribution >= 0.6 is 27.5 Å². The molecule has 5 heteroatoms. The van der Waals surface area contributed by atoms with Crippen LogP contribution in [0.25, 0.3) is 0 Å². The third-order valence-corrected chi connectivity index (χ3v) is 4.05. The largest absolute Gasteiger partial charge is 0.385 e. The predicted octanol–water partition coefficient (Wildman–Crippen LogP) is 5.16. The lowest BCUT2D eigenvalue weighted by Gasteiger charge is -2.12. The Kier molecular flexibility index (Phi) is 5.86. The Hall–Kier alpha value is -1.52. The highest BCUT2D eigenvalue weighted by Crippen LogP contribution is 2.27. The van der Waals surface area contributed by atoms with Gasteiger partial charge in [0.05, 0.1) is 10.7 Å². The van der Waals surface area contributed by atoms with Crippen molar-refractivity contribution < 1.29 is 4.79 Å². The number of amides is 1. The molecule has 0 aliphatic heterocycles. The van der Waals surface area contributed by atoms with Gasteiger partial charge in [-0.2, -0.15) is 0 Å². The fraction of sp³-hybridized carbons (Fsp3) is 0.235. The fourth-order valence-corrected chi connectivity index (χ4v) is 2.80. The number of hydrogen-bond acceptors (Lipinski definition) is 2. The quantitative estimate of drug-likeness (QED) is 0.751. The second kappa shape index (κ2) is 7.65. The van der Waals surface area contributed by atoms with Crippen molar-refractivity contribution >= 4 is 44.8 Å². The van der Waals surface area contributed by atoms with Crippen molar-refractivity contribution in [2.24, 2.45) is 0 Å². The molecule has 2 rings (SSSR count). The molecule has 0 radical (unpaired) electrons. The van der Waals surface area contributed by atoms with Crippen LogP contribution in [0.2, 0.25) is 5.02 Å². The Morgan fingerprint density at radius 2 is 1.86 bits per heavy atom. The van der Waals surface area contributed by atoms with Crippen molar-refractivity contribution in [1.82, 2.24) is 0 Å². The third kappa shape index (κ3) is 4.75. The molecule has 0 saturated carbocycles. The van der Waals surface area contributed by atoms with E-state index in [0.717, 1.165) is 21.3 Å². The van der Waals surface area contributed by atoms with Crippen molar-refractivity contribution in [3.05, 3.63) is 57.0 Å². The van der Waals surface area contributed by atoms with Gasteiger partial charge in [-0.15, -0.1) is 0 Å². The topological polar surface area (TPSA) is 41.1 Å². The molecule has 3 nitrogen and oxygen atoms in total. The Balaban J connectivity index is 1.87. The van der Waals surface area contributed by atoms with Crippen LogP contribution in [0.4, 0.5) is 11.4 Å². The lowest BCUT2D eigenvalue weighted by molar-refractivity contribution is -0.115. The molecule has 2 N–H and O–H groups in total. The Labute approximate surface area is 144 Å². The van der Waals surface area contributed by atoms with Crippen LogP contribution in [-0.2, 0) is 4.79 Å². The monoisotopic (exact) mass is 380 g/mol. The molecule has 0 aromatic heterocycles. The first-order chi connectivity index (χ1) is 10.5. The lowest BCUT2D eigenvalue weighted by Crippen LogP contribution is -2.17. The number of carbonyl (C=O) groups excluding carboxylic acids is 1. The van der Waals surface area contributed by atoms with E-state index in [2.05, 4.69) is 26.6 Å². The highest BCUT2D eigenvalue weighted by molar-refractivity contribution is 9.10. The summed E-state index contributed by atoms with van der Waals surface area (Å²) in [7, 11) is 0. The van der Waals surface area contributed by atoms with Crippen LogP contribution in [0.15, 0.2) is 40.9 Å². The molecule has 0 atom stereocenters. The molecule has 0 aliphatic carbocycles. The zero-order valence-corrected chi connectivity index (χ0v) is 14.9. The normalized spacial score (nSPS) is 10.4. The Morgan fingerprint density at radius 1 is 1.18 bits per heavy atom. The van der Waals surface area contributed by atoms with Gasteiger partial charge in [-0.1, -0.05) is 33.6 Å². The van der Waals surface area contributed by atoms with Gasteiger partial charge >= 0.3 is 0 Å². The first-order valence-electron chi connectivity index (χ1n) is 7.02. The first-order valence-corrected chi connectivity index (χ1v) is 8.19. The maximum absolute atomic E-state index is 12.0. The Morgan fingerprint density at radius 3 is 2.50 bits per heavy atom. The summed E-state index contributed by atoms with van der Waals surface area (Å²) in [6.07, 6.45) is 0.375. The van der Waals surface area contributed by atoms with Crippen molar-refractivity contribution in [1.29, 1.82) is 0 Å². The SMILES string of the molecule is Cc1cc(C)c(NC(=O)CCNc2ccc(Br)cc2)c(Cl)c1. The number of anilines is 2. The summed E-state index contributed by atoms with van der Waals surface area (Å²) >= 11 is 9.58. The van der Waals surface area contributed by atoms with Gasteiger partial charge in [0.25, 0.3) is 0 Å². The zero-order valence-electron chi connectivity index (χ0n) is 12.5. The maximum atomic E-state index is 12.0. The molecule has 0 aliphatic rings. The molecule has 22 heavy (non-hydrogen) atoms. The van der Waals surface area contributed by atoms with Crippen LogP contribution in [0.3, 0.4) is 0 Å². The third-order valence-electron chi connectivity index (χ3n) is 3.22. The summed E-state index contributed by atoms with van der Waals surface area (Å²) in [6.45, 7) is 4.48. The summed E-state index contributed by atoms with van der Waals surface area (Å²) in [5.41, 5.74) is 3.73. The molecule has 0 saturated heterocycles. The van der Waals surface area contributed by atoms with Crippen molar-refractivity contribution in [3.63, 3.8) is 0 Å². The minimum Gasteiger partial charge on any atom is -0.385 e. The van der Waals surface area contributed by atoms with E-state index < -0.39 is 0 Å². The number of hydrogen-bond donors (Lipinski definition) is 2. The summed E-state index contributed by atoms with van der Waals surface area (Å²) in [4.78, 5) is 12.0. The molecule has 2 aromatic rings. The van der Waals surface area contributed by atoms with Gasteiger partial charge in [0.15, 0.2) is 0 Å². The molecule has 116 valence electrons. The average Bonchev–Trinajstić information content (AvgIpc) is 2.45. The van der Waals surface area contributed by atoms with Crippen LogP contribution < -0.4 is 10.6 Å². The molecule has 0 fully saturated rings. The van der Waals surface area contributed by atoms with E-state index in [-0.39, 0.29) is 5.91 Å².